The zero-order valence-corrected chi connectivity index (χ0v) is 41.2. The van der Waals surface area contributed by atoms with Crippen molar-refractivity contribution in [2.75, 3.05) is 0 Å². The van der Waals surface area contributed by atoms with E-state index in [1.165, 1.54) is 137 Å². The van der Waals surface area contributed by atoms with Crippen molar-refractivity contribution >= 4 is 58.5 Å². The Bertz CT molecular complexity index is 2430. The molecular formula is C56H57Cl2SiZr-3. The van der Waals surface area contributed by atoms with Crippen LogP contribution < -0.4 is 10.4 Å². The van der Waals surface area contributed by atoms with E-state index in [0.29, 0.717) is 0 Å². The molecular weight excluding hydrogens is 863 g/mol. The fourth-order valence-corrected chi connectivity index (χ4v) is 9.80. The van der Waals surface area contributed by atoms with Crippen LogP contribution in [0.1, 0.15) is 86.8 Å². The zero-order valence-electron chi connectivity index (χ0n) is 36.2. The van der Waals surface area contributed by atoms with Crippen molar-refractivity contribution in [2.45, 2.75) is 92.9 Å². The predicted octanol–water partition coefficient (Wildman–Crippen LogP) is 15.4. The van der Waals surface area contributed by atoms with Gasteiger partial charge in [0.1, 0.15) is 0 Å². The predicted molar refractivity (Wildman–Crippen MR) is 263 cm³/mol. The minimum absolute atomic E-state index is 0.795. The van der Waals surface area contributed by atoms with E-state index in [4.69, 9.17) is 17.0 Å². The minimum atomic E-state index is -0.826. The van der Waals surface area contributed by atoms with E-state index in [9.17, 15) is 0 Å². The van der Waals surface area contributed by atoms with Crippen LogP contribution in [-0.2, 0) is 46.5 Å². The van der Waals surface area contributed by atoms with Crippen molar-refractivity contribution in [3.05, 3.63) is 179 Å². The van der Waals surface area contributed by atoms with E-state index in [0.717, 1.165) is 22.4 Å². The van der Waals surface area contributed by atoms with Crippen molar-refractivity contribution in [3.63, 3.8) is 0 Å². The molecule has 1 heterocycles. The number of hydrogen-bond acceptors (Lipinski definition) is 0. The van der Waals surface area contributed by atoms with Gasteiger partial charge in [0.15, 0.2) is 0 Å². The Kier molecular flexibility index (Phi) is 17.4. The second-order valence-electron chi connectivity index (χ2n) is 15.7. The molecule has 60 heavy (non-hydrogen) atoms. The molecule has 0 aliphatic carbocycles. The number of rotatable bonds is 10. The SMILES string of the molecule is CCCCc1cc2c(-c3ccccc3C)c(CC)ccc2[cH-]1.CCCCc1cc2c(-c3ccccc3C)c(CC)ccc2[cH-]1.[Cl][Zr][Cl].[c-]1cccc2c1[Si]c1ccccc1-2. The Labute approximate surface area is 381 Å². The minimum Gasteiger partial charge on any atom is -0.184 e. The van der Waals surface area contributed by atoms with Gasteiger partial charge in [0.05, 0.1) is 9.52 Å². The van der Waals surface area contributed by atoms with Gasteiger partial charge in [-0.05, 0) is 61.8 Å². The Morgan fingerprint density at radius 1 is 0.550 bits per heavy atom. The van der Waals surface area contributed by atoms with Crippen LogP contribution in [0.5, 0.6) is 0 Å². The average Bonchev–Trinajstić information content (AvgIpc) is 4.00. The molecule has 1 aliphatic heterocycles. The Hall–Kier alpha value is -3.78. The van der Waals surface area contributed by atoms with Crippen LogP contribution in [0, 0.1) is 19.9 Å². The number of aryl methyl sites for hydroxylation is 6. The van der Waals surface area contributed by atoms with Gasteiger partial charge in [-0.25, -0.2) is 0 Å². The number of hydrogen-bond donors (Lipinski definition) is 0. The first-order valence-corrected chi connectivity index (χ1v) is 29.1. The molecule has 1 aliphatic rings. The fraction of sp³-hybridized carbons (Fsp3) is 0.250. The molecule has 0 saturated heterocycles. The van der Waals surface area contributed by atoms with Crippen LogP contribution in [0.4, 0.5) is 0 Å². The van der Waals surface area contributed by atoms with E-state index in [1.807, 2.05) is 6.07 Å². The van der Waals surface area contributed by atoms with Crippen molar-refractivity contribution < 1.29 is 20.8 Å². The summed E-state index contributed by atoms with van der Waals surface area (Å²) < 4.78 is 0. The molecule has 0 N–H and O–H groups in total. The second kappa shape index (κ2) is 22.9. The summed E-state index contributed by atoms with van der Waals surface area (Å²) in [6.07, 6.45) is 9.61. The number of unbranched alkanes of at least 4 members (excludes halogenated alkanes) is 2. The largest absolute Gasteiger partial charge is 0.184 e. The molecule has 8 aromatic rings. The first-order chi connectivity index (χ1) is 29.3. The van der Waals surface area contributed by atoms with Crippen LogP contribution in [-0.4, -0.2) is 9.52 Å². The van der Waals surface area contributed by atoms with Crippen LogP contribution in [0.3, 0.4) is 0 Å². The Balaban J connectivity index is 0.000000150. The summed E-state index contributed by atoms with van der Waals surface area (Å²) >= 11 is -0.826. The first kappa shape index (κ1) is 45.7. The summed E-state index contributed by atoms with van der Waals surface area (Å²) in [6.45, 7) is 13.5. The maximum atomic E-state index is 4.93. The topological polar surface area (TPSA) is 0 Å². The van der Waals surface area contributed by atoms with Gasteiger partial charge in [-0.3, -0.25) is 0 Å². The van der Waals surface area contributed by atoms with Crippen LogP contribution >= 0.6 is 17.0 Å². The van der Waals surface area contributed by atoms with E-state index in [1.54, 1.807) is 0 Å². The molecule has 2 radical (unpaired) electrons. The summed E-state index contributed by atoms with van der Waals surface area (Å²) in [5.41, 5.74) is 17.0. The molecule has 0 aromatic heterocycles. The maximum absolute atomic E-state index is 4.93. The zero-order chi connectivity index (χ0) is 42.4. The monoisotopic (exact) mass is 917 g/mol. The van der Waals surface area contributed by atoms with Gasteiger partial charge in [-0.1, -0.05) is 159 Å². The fourth-order valence-electron chi connectivity index (χ4n) is 8.49. The molecule has 306 valence electrons. The quantitative estimate of drug-likeness (QED) is 0.0947. The third-order valence-electron chi connectivity index (χ3n) is 11.6. The molecule has 0 atom stereocenters. The van der Waals surface area contributed by atoms with Crippen LogP contribution in [0.25, 0.3) is 54.9 Å². The van der Waals surface area contributed by atoms with Crippen molar-refractivity contribution in [1.82, 2.24) is 0 Å². The van der Waals surface area contributed by atoms with Gasteiger partial charge < -0.3 is 0 Å². The van der Waals surface area contributed by atoms with E-state index >= 15 is 0 Å². The molecule has 9 rings (SSSR count). The van der Waals surface area contributed by atoms with Gasteiger partial charge in [-0.15, -0.1) is 74.6 Å². The number of halogens is 2. The van der Waals surface area contributed by atoms with E-state index < -0.39 is 20.8 Å². The third-order valence-corrected chi connectivity index (χ3v) is 13.0. The molecule has 0 bridgehead atoms. The molecule has 0 fully saturated rings. The standard InChI is InChI=1S/2C22H25.C12H7Si.2ClH.Zr/c2*1-4-6-10-17-14-19-13-12-18(5-2)22(21(19)15-17)20-11-8-7-9-16(20)3;1-3-7-11-9(5-1)10-6-2-4-8-12(10)13-11;;;/h2*7-9,11-15H,4-6,10H2,1-3H3;1-7H;2*1H;/q3*-1;;;+2/p-2. The summed E-state index contributed by atoms with van der Waals surface area (Å²) in [6, 6.07) is 54.5. The van der Waals surface area contributed by atoms with Crippen LogP contribution in [0.2, 0.25) is 0 Å². The summed E-state index contributed by atoms with van der Waals surface area (Å²) in [7, 11) is 10.7. The normalized spacial score (nSPS) is 11.1. The molecule has 0 spiro atoms. The molecule has 0 nitrogen and oxygen atoms in total. The maximum Gasteiger partial charge on any atom is 0.0920 e. The molecule has 0 unspecified atom stereocenters. The summed E-state index contributed by atoms with van der Waals surface area (Å²) in [4.78, 5) is 0. The molecule has 0 saturated carbocycles. The van der Waals surface area contributed by atoms with E-state index in [2.05, 4.69) is 181 Å². The smallest absolute Gasteiger partial charge is 0.0920 e. The Morgan fingerprint density at radius 3 is 1.47 bits per heavy atom. The number of fused-ring (bicyclic) bond motifs is 5. The average molecular weight is 920 g/mol. The first-order valence-electron chi connectivity index (χ1n) is 21.7. The van der Waals surface area contributed by atoms with Gasteiger partial charge in [0, 0.05) is 0 Å². The summed E-state index contributed by atoms with van der Waals surface area (Å²) in [5, 5.41) is 8.46. The van der Waals surface area contributed by atoms with Gasteiger partial charge in [0.25, 0.3) is 0 Å². The van der Waals surface area contributed by atoms with Gasteiger partial charge >= 0.3 is 37.9 Å². The van der Waals surface area contributed by atoms with Crippen LogP contribution in [0.15, 0.2) is 140 Å². The third kappa shape index (κ3) is 11.0. The Morgan fingerprint density at radius 2 is 1.00 bits per heavy atom. The van der Waals surface area contributed by atoms with Gasteiger partial charge in [0.2, 0.25) is 0 Å². The van der Waals surface area contributed by atoms with Crippen molar-refractivity contribution in [1.29, 1.82) is 0 Å². The molecule has 0 amide bonds. The second-order valence-corrected chi connectivity index (χ2v) is 20.7. The van der Waals surface area contributed by atoms with E-state index in [-0.39, 0.29) is 0 Å². The molecule has 4 heteroatoms. The molecule has 8 aromatic carbocycles. The van der Waals surface area contributed by atoms with Crippen molar-refractivity contribution in [2.24, 2.45) is 0 Å². The van der Waals surface area contributed by atoms with Crippen molar-refractivity contribution in [3.8, 4) is 33.4 Å². The number of benzene rings is 6. The van der Waals surface area contributed by atoms with Gasteiger partial charge in [-0.2, -0.15) is 41.6 Å². The summed E-state index contributed by atoms with van der Waals surface area (Å²) in [5.74, 6) is 0.